The highest BCUT2D eigenvalue weighted by atomic mass is 16.5. The van der Waals surface area contributed by atoms with E-state index in [2.05, 4.69) is 21.8 Å². The monoisotopic (exact) mass is 309 g/mol. The van der Waals surface area contributed by atoms with E-state index in [4.69, 9.17) is 4.74 Å². The van der Waals surface area contributed by atoms with Crippen molar-refractivity contribution >= 4 is 11.9 Å². The first-order valence-corrected chi connectivity index (χ1v) is 8.39. The van der Waals surface area contributed by atoms with Crippen LogP contribution in [0.15, 0.2) is 17.6 Å². The van der Waals surface area contributed by atoms with Crippen molar-refractivity contribution in [2.45, 2.75) is 57.5 Å². The summed E-state index contributed by atoms with van der Waals surface area (Å²) in [6.45, 7) is 5.40. The summed E-state index contributed by atoms with van der Waals surface area (Å²) in [6, 6.07) is 0. The Labute approximate surface area is 134 Å². The van der Waals surface area contributed by atoms with Crippen LogP contribution in [0.4, 0.5) is 0 Å². The van der Waals surface area contributed by atoms with E-state index in [1.807, 2.05) is 13.1 Å². The van der Waals surface area contributed by atoms with Gasteiger partial charge in [-0.15, -0.1) is 6.58 Å². The van der Waals surface area contributed by atoms with Gasteiger partial charge in [0.05, 0.1) is 0 Å². The largest absolute Gasteiger partial charge is 0.462 e. The number of carbonyl (C=O) groups is 1. The molecule has 0 aromatic heterocycles. The summed E-state index contributed by atoms with van der Waals surface area (Å²) in [4.78, 5) is 18.1. The van der Waals surface area contributed by atoms with Gasteiger partial charge in [-0.25, -0.2) is 0 Å². The van der Waals surface area contributed by atoms with Crippen molar-refractivity contribution in [2.24, 2.45) is 4.99 Å². The molecule has 0 saturated heterocycles. The first-order valence-electron chi connectivity index (χ1n) is 8.39. The van der Waals surface area contributed by atoms with Crippen LogP contribution >= 0.6 is 0 Å². The number of carbonyl (C=O) groups excluding carboxylic acids is 1. The molecule has 0 aromatic rings. The minimum atomic E-state index is -0.0666. The number of hydrogen-bond acceptors (Lipinski definition) is 3. The molecule has 1 rings (SSSR count). The molecule has 5 heteroatoms. The van der Waals surface area contributed by atoms with Crippen molar-refractivity contribution in [3.63, 3.8) is 0 Å². The third-order valence-electron chi connectivity index (χ3n) is 3.92. The first-order chi connectivity index (χ1) is 10.7. The Morgan fingerprint density at radius 2 is 2.14 bits per heavy atom. The van der Waals surface area contributed by atoms with Gasteiger partial charge in [0, 0.05) is 33.6 Å². The van der Waals surface area contributed by atoms with Crippen LogP contribution in [0.3, 0.4) is 0 Å². The second-order valence-corrected chi connectivity index (χ2v) is 5.83. The Hall–Kier alpha value is -1.52. The van der Waals surface area contributed by atoms with Crippen LogP contribution in [-0.4, -0.2) is 50.1 Å². The standard InChI is InChI=1S/C17H31N3O2/c1-4-5-8-14-20(3)17(18-2)19-13-9-12-16(21)22-15-10-6-7-11-15/h4,15H,1,5-14H2,2-3H3,(H,18,19). The van der Waals surface area contributed by atoms with E-state index in [0.717, 1.165) is 51.2 Å². The molecule has 0 heterocycles. The summed E-state index contributed by atoms with van der Waals surface area (Å²) in [6.07, 6.45) is 9.86. The predicted molar refractivity (Wildman–Crippen MR) is 91.0 cm³/mol. The fourth-order valence-corrected chi connectivity index (χ4v) is 2.65. The molecule has 126 valence electrons. The van der Waals surface area contributed by atoms with Crippen molar-refractivity contribution < 1.29 is 9.53 Å². The van der Waals surface area contributed by atoms with Crippen molar-refractivity contribution in [1.29, 1.82) is 0 Å². The van der Waals surface area contributed by atoms with Crippen LogP contribution in [0.2, 0.25) is 0 Å². The molecule has 1 aliphatic rings. The van der Waals surface area contributed by atoms with Crippen LogP contribution in [-0.2, 0) is 9.53 Å². The molecule has 1 N–H and O–H groups in total. The lowest BCUT2D eigenvalue weighted by atomic mass is 10.3. The molecule has 0 spiro atoms. The van der Waals surface area contributed by atoms with Gasteiger partial charge in [-0.1, -0.05) is 6.08 Å². The number of nitrogens with one attached hydrogen (secondary N) is 1. The van der Waals surface area contributed by atoms with Gasteiger partial charge in [0.2, 0.25) is 0 Å². The maximum absolute atomic E-state index is 11.7. The highest BCUT2D eigenvalue weighted by Crippen LogP contribution is 2.21. The Kier molecular flexibility index (Phi) is 9.35. The second kappa shape index (κ2) is 11.1. The van der Waals surface area contributed by atoms with E-state index in [1.165, 1.54) is 12.8 Å². The Balaban J connectivity index is 2.12. The topological polar surface area (TPSA) is 53.9 Å². The van der Waals surface area contributed by atoms with Crippen LogP contribution in [0.25, 0.3) is 0 Å². The number of aliphatic imine (C=N–C) groups is 1. The quantitative estimate of drug-likeness (QED) is 0.234. The molecule has 0 radical (unpaired) electrons. The molecule has 1 aliphatic carbocycles. The zero-order valence-electron chi connectivity index (χ0n) is 14.1. The van der Waals surface area contributed by atoms with E-state index in [9.17, 15) is 4.79 Å². The number of esters is 1. The number of guanidine groups is 1. The van der Waals surface area contributed by atoms with Crippen LogP contribution in [0.1, 0.15) is 51.4 Å². The lowest BCUT2D eigenvalue weighted by Gasteiger charge is -2.21. The number of nitrogens with zero attached hydrogens (tertiary/aromatic N) is 2. The Bertz CT molecular complexity index is 363. The van der Waals surface area contributed by atoms with Gasteiger partial charge in [-0.05, 0) is 44.9 Å². The van der Waals surface area contributed by atoms with Crippen molar-refractivity contribution in [1.82, 2.24) is 10.2 Å². The van der Waals surface area contributed by atoms with Crippen molar-refractivity contribution in [3.8, 4) is 0 Å². The van der Waals surface area contributed by atoms with Crippen molar-refractivity contribution in [2.75, 3.05) is 27.2 Å². The SMILES string of the molecule is C=CCCCN(C)C(=NC)NCCCC(=O)OC1CCCC1. The van der Waals surface area contributed by atoms with Gasteiger partial charge in [-0.2, -0.15) is 0 Å². The lowest BCUT2D eigenvalue weighted by molar-refractivity contribution is -0.148. The van der Waals surface area contributed by atoms with E-state index in [0.29, 0.717) is 6.42 Å². The van der Waals surface area contributed by atoms with Gasteiger partial charge in [0.25, 0.3) is 0 Å². The summed E-state index contributed by atoms with van der Waals surface area (Å²) < 4.78 is 5.44. The van der Waals surface area contributed by atoms with Gasteiger partial charge >= 0.3 is 5.97 Å². The van der Waals surface area contributed by atoms with Gasteiger partial charge in [-0.3, -0.25) is 9.79 Å². The summed E-state index contributed by atoms with van der Waals surface area (Å²) in [5, 5.41) is 3.29. The molecule has 1 fully saturated rings. The van der Waals surface area contributed by atoms with E-state index >= 15 is 0 Å². The number of ether oxygens (including phenoxy) is 1. The smallest absolute Gasteiger partial charge is 0.306 e. The van der Waals surface area contributed by atoms with Gasteiger partial charge in [0.1, 0.15) is 6.10 Å². The maximum Gasteiger partial charge on any atom is 0.306 e. The second-order valence-electron chi connectivity index (χ2n) is 5.83. The fraction of sp³-hybridized carbons (Fsp3) is 0.765. The average Bonchev–Trinajstić information content (AvgIpc) is 3.00. The third-order valence-corrected chi connectivity index (χ3v) is 3.92. The molecule has 0 atom stereocenters. The molecule has 0 amide bonds. The summed E-state index contributed by atoms with van der Waals surface area (Å²) in [5.74, 6) is 0.802. The van der Waals surface area contributed by atoms with Gasteiger partial charge in [0.15, 0.2) is 5.96 Å². The van der Waals surface area contributed by atoms with E-state index < -0.39 is 0 Å². The maximum atomic E-state index is 11.7. The lowest BCUT2D eigenvalue weighted by Crippen LogP contribution is -2.39. The predicted octanol–water partition coefficient (Wildman–Crippen LogP) is 2.73. The molecule has 0 aliphatic heterocycles. The zero-order chi connectivity index (χ0) is 16.2. The Morgan fingerprint density at radius 3 is 2.77 bits per heavy atom. The highest BCUT2D eigenvalue weighted by molar-refractivity contribution is 5.79. The summed E-state index contributed by atoms with van der Waals surface area (Å²) in [5.41, 5.74) is 0. The van der Waals surface area contributed by atoms with E-state index in [1.54, 1.807) is 7.05 Å². The van der Waals surface area contributed by atoms with E-state index in [-0.39, 0.29) is 12.1 Å². The van der Waals surface area contributed by atoms with Crippen LogP contribution in [0, 0.1) is 0 Å². The first kappa shape index (κ1) is 18.5. The molecule has 22 heavy (non-hydrogen) atoms. The number of unbranched alkanes of at least 4 members (excludes halogenated alkanes) is 1. The highest BCUT2D eigenvalue weighted by Gasteiger charge is 2.18. The normalized spacial score (nSPS) is 15.6. The summed E-state index contributed by atoms with van der Waals surface area (Å²) >= 11 is 0. The molecule has 0 aromatic carbocycles. The summed E-state index contributed by atoms with van der Waals surface area (Å²) in [7, 11) is 3.80. The minimum Gasteiger partial charge on any atom is -0.462 e. The van der Waals surface area contributed by atoms with Crippen molar-refractivity contribution in [3.05, 3.63) is 12.7 Å². The van der Waals surface area contributed by atoms with Gasteiger partial charge < -0.3 is 15.0 Å². The van der Waals surface area contributed by atoms with Crippen LogP contribution in [0.5, 0.6) is 0 Å². The number of allylic oxidation sites excluding steroid dienone is 1. The minimum absolute atomic E-state index is 0.0666. The molecular weight excluding hydrogens is 278 g/mol. The fourth-order valence-electron chi connectivity index (χ4n) is 2.65. The molecule has 0 unspecified atom stereocenters. The molecular formula is C17H31N3O2. The van der Waals surface area contributed by atoms with Crippen LogP contribution < -0.4 is 5.32 Å². The number of hydrogen-bond donors (Lipinski definition) is 1. The number of rotatable bonds is 9. The Morgan fingerprint density at radius 1 is 1.41 bits per heavy atom. The third kappa shape index (κ3) is 7.48. The zero-order valence-corrected chi connectivity index (χ0v) is 14.1. The average molecular weight is 309 g/mol. The molecule has 5 nitrogen and oxygen atoms in total. The molecule has 1 saturated carbocycles. The molecule has 0 bridgehead atoms.